The lowest BCUT2D eigenvalue weighted by atomic mass is 10.2. The predicted octanol–water partition coefficient (Wildman–Crippen LogP) is 2.51. The van der Waals surface area contributed by atoms with Crippen LogP contribution in [0.4, 0.5) is 5.82 Å². The van der Waals surface area contributed by atoms with Gasteiger partial charge in [-0.05, 0) is 37.1 Å². The van der Waals surface area contributed by atoms with Gasteiger partial charge in [0.2, 0.25) is 0 Å². The van der Waals surface area contributed by atoms with E-state index in [2.05, 4.69) is 10.3 Å². The molecule has 3 heteroatoms. The summed E-state index contributed by atoms with van der Waals surface area (Å²) in [4.78, 5) is 4.45. The highest BCUT2D eigenvalue weighted by Crippen LogP contribution is 2.25. The number of phenolic OH excluding ortho intramolecular Hbond substituents is 1. The molecule has 0 spiro atoms. The van der Waals surface area contributed by atoms with Gasteiger partial charge in [0.15, 0.2) is 0 Å². The van der Waals surface area contributed by atoms with Gasteiger partial charge in [-0.3, -0.25) is 0 Å². The van der Waals surface area contributed by atoms with Crippen molar-refractivity contribution in [2.45, 2.75) is 18.9 Å². The van der Waals surface area contributed by atoms with Crippen LogP contribution >= 0.6 is 0 Å². The van der Waals surface area contributed by atoms with E-state index in [9.17, 15) is 5.11 Å². The third-order valence-electron chi connectivity index (χ3n) is 2.61. The molecular formula is C12H12N2O. The minimum Gasteiger partial charge on any atom is -0.508 e. The lowest BCUT2D eigenvalue weighted by Crippen LogP contribution is -2.02. The predicted molar refractivity (Wildman–Crippen MR) is 60.1 cm³/mol. The van der Waals surface area contributed by atoms with E-state index in [1.54, 1.807) is 12.1 Å². The number of pyridine rings is 1. The zero-order valence-electron chi connectivity index (χ0n) is 8.27. The molecule has 1 fully saturated rings. The number of hydrogen-bond acceptors (Lipinski definition) is 3. The van der Waals surface area contributed by atoms with Gasteiger partial charge < -0.3 is 10.4 Å². The summed E-state index contributed by atoms with van der Waals surface area (Å²) < 4.78 is 0. The number of nitrogens with one attached hydrogen (secondary N) is 1. The van der Waals surface area contributed by atoms with Crippen molar-refractivity contribution in [3.05, 3.63) is 30.3 Å². The first-order valence-electron chi connectivity index (χ1n) is 5.17. The molecular weight excluding hydrogens is 188 g/mol. The topological polar surface area (TPSA) is 45.1 Å². The average Bonchev–Trinajstić information content (AvgIpc) is 3.01. The number of aromatic nitrogens is 1. The van der Waals surface area contributed by atoms with Gasteiger partial charge in [-0.2, -0.15) is 0 Å². The normalized spacial score (nSPS) is 15.5. The van der Waals surface area contributed by atoms with Crippen LogP contribution in [0.15, 0.2) is 30.3 Å². The molecule has 2 aromatic rings. The summed E-state index contributed by atoms with van der Waals surface area (Å²) in [6, 6.07) is 9.85. The van der Waals surface area contributed by atoms with E-state index in [0.717, 1.165) is 16.7 Å². The van der Waals surface area contributed by atoms with E-state index < -0.39 is 0 Å². The number of aromatic hydroxyl groups is 1. The molecule has 0 amide bonds. The van der Waals surface area contributed by atoms with Crippen molar-refractivity contribution in [1.82, 2.24) is 4.98 Å². The number of hydrogen-bond donors (Lipinski definition) is 2. The molecule has 15 heavy (non-hydrogen) atoms. The maximum atomic E-state index is 9.35. The van der Waals surface area contributed by atoms with E-state index in [1.165, 1.54) is 12.8 Å². The van der Waals surface area contributed by atoms with E-state index in [1.807, 2.05) is 18.2 Å². The largest absolute Gasteiger partial charge is 0.508 e. The van der Waals surface area contributed by atoms with Crippen LogP contribution in [-0.4, -0.2) is 16.1 Å². The molecule has 1 aromatic carbocycles. The molecule has 2 N–H and O–H groups in total. The van der Waals surface area contributed by atoms with Crippen LogP contribution in [0.2, 0.25) is 0 Å². The first-order valence-corrected chi connectivity index (χ1v) is 5.17. The second-order valence-corrected chi connectivity index (χ2v) is 3.99. The minimum absolute atomic E-state index is 0.263. The molecule has 1 saturated carbocycles. The Balaban J connectivity index is 2.03. The molecule has 1 aliphatic carbocycles. The molecule has 76 valence electrons. The second kappa shape index (κ2) is 3.12. The number of nitrogens with zero attached hydrogens (tertiary/aromatic N) is 1. The summed E-state index contributed by atoms with van der Waals surface area (Å²) in [5.41, 5.74) is 0.834. The van der Waals surface area contributed by atoms with Gasteiger partial charge in [-0.1, -0.05) is 0 Å². The Morgan fingerprint density at radius 3 is 2.80 bits per heavy atom. The Morgan fingerprint density at radius 2 is 2.00 bits per heavy atom. The van der Waals surface area contributed by atoms with Crippen molar-refractivity contribution < 1.29 is 5.11 Å². The molecule has 1 aromatic heterocycles. The number of rotatable bonds is 2. The standard InChI is InChI=1S/C12H12N2O/c15-10-5-1-8-2-6-12(13-9-3-4-9)14-11(8)7-10/h1-2,5-7,9,15H,3-4H2,(H,13,14). The number of anilines is 1. The molecule has 3 nitrogen and oxygen atoms in total. The summed E-state index contributed by atoms with van der Waals surface area (Å²) in [5.74, 6) is 1.16. The van der Waals surface area contributed by atoms with Gasteiger partial charge in [0.1, 0.15) is 11.6 Å². The van der Waals surface area contributed by atoms with Crippen LogP contribution in [0.5, 0.6) is 5.75 Å². The molecule has 1 aliphatic rings. The van der Waals surface area contributed by atoms with Gasteiger partial charge in [-0.15, -0.1) is 0 Å². The zero-order chi connectivity index (χ0) is 10.3. The van der Waals surface area contributed by atoms with Crippen molar-refractivity contribution in [3.63, 3.8) is 0 Å². The Bertz CT molecular complexity index is 506. The molecule has 1 heterocycles. The molecule has 0 atom stereocenters. The average molecular weight is 200 g/mol. The third-order valence-corrected chi connectivity index (χ3v) is 2.61. The van der Waals surface area contributed by atoms with Crippen molar-refractivity contribution >= 4 is 16.7 Å². The number of benzene rings is 1. The summed E-state index contributed by atoms with van der Waals surface area (Å²) in [6.45, 7) is 0. The lowest BCUT2D eigenvalue weighted by molar-refractivity contribution is 0.476. The SMILES string of the molecule is Oc1ccc2ccc(NC3CC3)nc2c1. The van der Waals surface area contributed by atoms with Crippen molar-refractivity contribution in [1.29, 1.82) is 0 Å². The van der Waals surface area contributed by atoms with Gasteiger partial charge in [0, 0.05) is 17.5 Å². The Morgan fingerprint density at radius 1 is 1.20 bits per heavy atom. The highest BCUT2D eigenvalue weighted by Gasteiger charge is 2.21. The smallest absolute Gasteiger partial charge is 0.126 e. The minimum atomic E-state index is 0.263. The fourth-order valence-electron chi connectivity index (χ4n) is 1.62. The van der Waals surface area contributed by atoms with Crippen LogP contribution in [0.3, 0.4) is 0 Å². The molecule has 0 unspecified atom stereocenters. The van der Waals surface area contributed by atoms with Crippen molar-refractivity contribution in [3.8, 4) is 5.75 Å². The van der Waals surface area contributed by atoms with Crippen LogP contribution in [0.1, 0.15) is 12.8 Å². The Labute approximate surface area is 87.8 Å². The van der Waals surface area contributed by atoms with Gasteiger partial charge in [0.05, 0.1) is 5.52 Å². The van der Waals surface area contributed by atoms with Crippen LogP contribution < -0.4 is 5.32 Å². The van der Waals surface area contributed by atoms with E-state index >= 15 is 0 Å². The first kappa shape index (κ1) is 8.53. The van der Waals surface area contributed by atoms with Gasteiger partial charge in [0.25, 0.3) is 0 Å². The lowest BCUT2D eigenvalue weighted by Gasteiger charge is -2.04. The van der Waals surface area contributed by atoms with Crippen LogP contribution in [0, 0.1) is 0 Å². The quantitative estimate of drug-likeness (QED) is 0.783. The van der Waals surface area contributed by atoms with E-state index in [4.69, 9.17) is 0 Å². The fourth-order valence-corrected chi connectivity index (χ4v) is 1.62. The Kier molecular flexibility index (Phi) is 1.78. The summed E-state index contributed by atoms with van der Waals surface area (Å²) in [5, 5.41) is 13.7. The maximum absolute atomic E-state index is 9.35. The van der Waals surface area contributed by atoms with E-state index in [-0.39, 0.29) is 5.75 Å². The molecule has 0 saturated heterocycles. The third kappa shape index (κ3) is 1.73. The van der Waals surface area contributed by atoms with Crippen molar-refractivity contribution in [2.75, 3.05) is 5.32 Å². The monoisotopic (exact) mass is 200 g/mol. The van der Waals surface area contributed by atoms with Gasteiger partial charge >= 0.3 is 0 Å². The van der Waals surface area contributed by atoms with Gasteiger partial charge in [-0.25, -0.2) is 4.98 Å². The molecule has 0 bridgehead atoms. The number of phenols is 1. The highest BCUT2D eigenvalue weighted by atomic mass is 16.3. The summed E-state index contributed by atoms with van der Waals surface area (Å²) in [6.07, 6.45) is 2.47. The number of fused-ring (bicyclic) bond motifs is 1. The summed E-state index contributed by atoms with van der Waals surface area (Å²) >= 11 is 0. The second-order valence-electron chi connectivity index (χ2n) is 3.99. The van der Waals surface area contributed by atoms with Crippen LogP contribution in [0.25, 0.3) is 10.9 Å². The zero-order valence-corrected chi connectivity index (χ0v) is 8.27. The first-order chi connectivity index (χ1) is 7.31. The molecule has 0 radical (unpaired) electrons. The summed E-state index contributed by atoms with van der Waals surface area (Å²) in [7, 11) is 0. The van der Waals surface area contributed by atoms with Crippen LogP contribution in [-0.2, 0) is 0 Å². The fraction of sp³-hybridized carbons (Fsp3) is 0.250. The van der Waals surface area contributed by atoms with E-state index in [0.29, 0.717) is 6.04 Å². The molecule has 0 aliphatic heterocycles. The highest BCUT2D eigenvalue weighted by molar-refractivity contribution is 5.81. The maximum Gasteiger partial charge on any atom is 0.126 e. The van der Waals surface area contributed by atoms with Crippen molar-refractivity contribution in [2.24, 2.45) is 0 Å². The molecule has 3 rings (SSSR count). The Hall–Kier alpha value is -1.77.